The predicted octanol–water partition coefficient (Wildman–Crippen LogP) is 2.61. The highest BCUT2D eigenvalue weighted by Gasteiger charge is 1.99. The van der Waals surface area contributed by atoms with Gasteiger partial charge in [-0.25, -0.2) is 0 Å². The molecule has 0 aliphatic rings. The summed E-state index contributed by atoms with van der Waals surface area (Å²) in [6, 6.07) is 11.7. The molecule has 0 unspecified atom stereocenters. The summed E-state index contributed by atoms with van der Waals surface area (Å²) in [6.07, 6.45) is 1.94. The molecule has 1 radical (unpaired) electrons. The monoisotopic (exact) mass is 169 g/mol. The summed E-state index contributed by atoms with van der Waals surface area (Å²) >= 11 is 0. The van der Waals surface area contributed by atoms with Crippen molar-refractivity contribution in [2.75, 3.05) is 0 Å². The number of benzene rings is 2. The number of aryl methyl sites for hydroxylation is 1. The van der Waals surface area contributed by atoms with E-state index in [-0.39, 0.29) is 0 Å². The zero-order valence-corrected chi connectivity index (χ0v) is 7.37. The number of carbonyl (C=O) groups excluding carboxylic acids is 1. The van der Waals surface area contributed by atoms with E-state index < -0.39 is 0 Å². The van der Waals surface area contributed by atoms with Gasteiger partial charge in [-0.15, -0.1) is 0 Å². The molecule has 0 atom stereocenters. The van der Waals surface area contributed by atoms with Gasteiger partial charge in [0.15, 0.2) is 0 Å². The van der Waals surface area contributed by atoms with Gasteiger partial charge in [-0.1, -0.05) is 42.0 Å². The van der Waals surface area contributed by atoms with Crippen LogP contribution in [0.2, 0.25) is 0 Å². The van der Waals surface area contributed by atoms with Crippen LogP contribution in [0, 0.1) is 6.92 Å². The third kappa shape index (κ3) is 1.33. The van der Waals surface area contributed by atoms with E-state index in [2.05, 4.69) is 6.07 Å². The van der Waals surface area contributed by atoms with Gasteiger partial charge in [0.25, 0.3) is 0 Å². The third-order valence-corrected chi connectivity index (χ3v) is 2.15. The average molecular weight is 169 g/mol. The van der Waals surface area contributed by atoms with Crippen LogP contribution < -0.4 is 0 Å². The van der Waals surface area contributed by atoms with Crippen molar-refractivity contribution in [2.24, 2.45) is 0 Å². The summed E-state index contributed by atoms with van der Waals surface area (Å²) in [4.78, 5) is 10.6. The highest BCUT2D eigenvalue weighted by Crippen LogP contribution is 2.18. The van der Waals surface area contributed by atoms with Crippen molar-refractivity contribution >= 4 is 17.1 Å². The number of rotatable bonds is 1. The van der Waals surface area contributed by atoms with Gasteiger partial charge >= 0.3 is 0 Å². The Morgan fingerprint density at radius 1 is 1.15 bits per heavy atom. The lowest BCUT2D eigenvalue weighted by Gasteiger charge is -2.00. The molecule has 0 heterocycles. The van der Waals surface area contributed by atoms with Gasteiger partial charge in [0.05, 0.1) is 0 Å². The maximum atomic E-state index is 10.6. The molecule has 2 rings (SSSR count). The summed E-state index contributed by atoms with van der Waals surface area (Å²) < 4.78 is 0. The first-order valence-corrected chi connectivity index (χ1v) is 4.19. The molecular weight excluding hydrogens is 160 g/mol. The summed E-state index contributed by atoms with van der Waals surface area (Å²) in [5.41, 5.74) is 1.84. The molecule has 0 saturated heterocycles. The third-order valence-electron chi connectivity index (χ3n) is 2.15. The van der Waals surface area contributed by atoms with Crippen LogP contribution >= 0.6 is 0 Å². The topological polar surface area (TPSA) is 17.1 Å². The molecule has 0 fully saturated rings. The first kappa shape index (κ1) is 7.99. The lowest BCUT2D eigenvalue weighted by Crippen LogP contribution is -1.83. The number of fused-ring (bicyclic) bond motifs is 1. The molecule has 63 valence electrons. The van der Waals surface area contributed by atoms with E-state index in [1.807, 2.05) is 37.5 Å². The summed E-state index contributed by atoms with van der Waals surface area (Å²) in [6.45, 7) is 2.04. The minimum Gasteiger partial charge on any atom is -0.285 e. The van der Waals surface area contributed by atoms with Crippen LogP contribution in [0.4, 0.5) is 0 Å². The molecule has 0 aliphatic heterocycles. The molecule has 0 aliphatic carbocycles. The normalized spacial score (nSPS) is 10.2. The molecule has 0 bridgehead atoms. The van der Waals surface area contributed by atoms with E-state index in [0.29, 0.717) is 5.56 Å². The molecule has 1 nitrogen and oxygen atoms in total. The largest absolute Gasteiger partial charge is 0.285 e. The molecule has 2 aromatic carbocycles. The van der Waals surface area contributed by atoms with Crippen molar-refractivity contribution in [1.82, 2.24) is 0 Å². The van der Waals surface area contributed by atoms with Gasteiger partial charge in [0, 0.05) is 5.56 Å². The van der Waals surface area contributed by atoms with Crippen LogP contribution in [0.1, 0.15) is 11.1 Å². The predicted molar refractivity (Wildman–Crippen MR) is 53.5 cm³/mol. The molecule has 0 N–H and O–H groups in total. The molecule has 0 saturated carbocycles. The number of hydrogen-bond donors (Lipinski definition) is 0. The second-order valence-corrected chi connectivity index (χ2v) is 3.13. The fourth-order valence-corrected chi connectivity index (χ4v) is 1.49. The van der Waals surface area contributed by atoms with Crippen LogP contribution in [-0.4, -0.2) is 6.29 Å². The zero-order valence-electron chi connectivity index (χ0n) is 7.37. The lowest BCUT2D eigenvalue weighted by molar-refractivity contribution is 0.563. The summed E-state index contributed by atoms with van der Waals surface area (Å²) in [5, 5.41) is 2.07. The van der Waals surface area contributed by atoms with Crippen molar-refractivity contribution in [2.45, 2.75) is 6.92 Å². The zero-order chi connectivity index (χ0) is 9.26. The van der Waals surface area contributed by atoms with Crippen LogP contribution in [0.5, 0.6) is 0 Å². The Kier molecular flexibility index (Phi) is 1.85. The maximum Gasteiger partial charge on any atom is 0.234 e. The van der Waals surface area contributed by atoms with Gasteiger partial charge in [-0.2, -0.15) is 0 Å². The lowest BCUT2D eigenvalue weighted by atomic mass is 10.0. The van der Waals surface area contributed by atoms with E-state index >= 15 is 0 Å². The van der Waals surface area contributed by atoms with Crippen LogP contribution in [0.25, 0.3) is 10.8 Å². The molecule has 0 spiro atoms. The van der Waals surface area contributed by atoms with E-state index in [1.165, 1.54) is 5.56 Å². The quantitative estimate of drug-likeness (QED) is 0.641. The van der Waals surface area contributed by atoms with Crippen molar-refractivity contribution in [1.29, 1.82) is 0 Å². The fraction of sp³-hybridized carbons (Fsp3) is 0.0833. The van der Waals surface area contributed by atoms with E-state index in [1.54, 1.807) is 6.07 Å². The van der Waals surface area contributed by atoms with Crippen molar-refractivity contribution in [3.63, 3.8) is 0 Å². The average Bonchev–Trinajstić information content (AvgIpc) is 2.16. The van der Waals surface area contributed by atoms with Crippen LogP contribution in [-0.2, 0) is 4.79 Å². The Bertz CT molecular complexity index is 458. The van der Waals surface area contributed by atoms with E-state index in [9.17, 15) is 4.79 Å². The summed E-state index contributed by atoms with van der Waals surface area (Å²) in [5.74, 6) is 0. The standard InChI is InChI=1S/C12H9O/c1-9-5-6-12-10(7-9)3-2-4-11(12)8-13/h2-7H,1H3. The molecular formula is C12H9O. The highest BCUT2D eigenvalue weighted by molar-refractivity contribution is 5.98. The second kappa shape index (κ2) is 3.02. The molecule has 1 heteroatoms. The second-order valence-electron chi connectivity index (χ2n) is 3.13. The Balaban J connectivity index is 2.84. The first-order chi connectivity index (χ1) is 6.31. The molecule has 0 aromatic heterocycles. The Labute approximate surface area is 77.0 Å². The van der Waals surface area contributed by atoms with Gasteiger partial charge in [-0.05, 0) is 17.7 Å². The highest BCUT2D eigenvalue weighted by atomic mass is 16.1. The molecule has 0 amide bonds. The van der Waals surface area contributed by atoms with E-state index in [4.69, 9.17) is 0 Å². The maximum absolute atomic E-state index is 10.6. The fourth-order valence-electron chi connectivity index (χ4n) is 1.49. The number of hydrogen-bond acceptors (Lipinski definition) is 1. The van der Waals surface area contributed by atoms with Crippen molar-refractivity contribution in [3.05, 3.63) is 47.5 Å². The summed E-state index contributed by atoms with van der Waals surface area (Å²) in [7, 11) is 0. The minimum atomic E-state index is 0.637. The minimum absolute atomic E-state index is 0.637. The van der Waals surface area contributed by atoms with Crippen molar-refractivity contribution in [3.8, 4) is 0 Å². The smallest absolute Gasteiger partial charge is 0.234 e. The molecule has 2 aromatic rings. The molecule has 13 heavy (non-hydrogen) atoms. The van der Waals surface area contributed by atoms with Crippen LogP contribution in [0.3, 0.4) is 0 Å². The Morgan fingerprint density at radius 3 is 2.77 bits per heavy atom. The SMILES string of the molecule is Cc1ccc2c([C]=O)cccc2c1. The van der Waals surface area contributed by atoms with Gasteiger partial charge < -0.3 is 0 Å². The van der Waals surface area contributed by atoms with Gasteiger partial charge in [-0.3, -0.25) is 4.79 Å². The van der Waals surface area contributed by atoms with Gasteiger partial charge in [0.2, 0.25) is 6.29 Å². The Hall–Kier alpha value is -1.63. The Morgan fingerprint density at radius 2 is 2.00 bits per heavy atom. The van der Waals surface area contributed by atoms with Gasteiger partial charge in [0.1, 0.15) is 0 Å². The van der Waals surface area contributed by atoms with E-state index in [0.717, 1.165) is 10.8 Å². The van der Waals surface area contributed by atoms with Crippen LogP contribution in [0.15, 0.2) is 36.4 Å². The first-order valence-electron chi connectivity index (χ1n) is 4.19. The van der Waals surface area contributed by atoms with Crippen molar-refractivity contribution < 1.29 is 4.79 Å².